The lowest BCUT2D eigenvalue weighted by molar-refractivity contribution is -0.115. The van der Waals surface area contributed by atoms with Crippen molar-refractivity contribution in [2.75, 3.05) is 11.1 Å². The minimum Gasteiger partial charge on any atom is -0.508 e. The minimum absolute atomic E-state index is 0.0139. The topological polar surface area (TPSA) is 117 Å². The summed E-state index contributed by atoms with van der Waals surface area (Å²) in [6, 6.07) is 13.6. The Morgan fingerprint density at radius 1 is 1.00 bits per heavy atom. The number of hydrogen-bond donors (Lipinski definition) is 3. The zero-order chi connectivity index (χ0) is 25.3. The maximum atomic E-state index is 12.4. The van der Waals surface area contributed by atoms with Gasteiger partial charge in [0, 0.05) is 51.3 Å². The summed E-state index contributed by atoms with van der Waals surface area (Å²) in [4.78, 5) is 36.6. The van der Waals surface area contributed by atoms with E-state index in [1.54, 1.807) is 36.0 Å². The van der Waals surface area contributed by atoms with Gasteiger partial charge >= 0.3 is 5.97 Å². The number of benzene rings is 3. The Morgan fingerprint density at radius 2 is 1.74 bits per heavy atom. The maximum absolute atomic E-state index is 12.4. The van der Waals surface area contributed by atoms with E-state index in [0.29, 0.717) is 45.5 Å². The number of anilines is 1. The Bertz CT molecular complexity index is 1470. The molecule has 8 heteroatoms. The zero-order valence-corrected chi connectivity index (χ0v) is 20.4. The van der Waals surface area contributed by atoms with Crippen LogP contribution in [-0.4, -0.2) is 32.6 Å². The molecule has 180 valence electrons. The number of carboxylic acids is 1. The Kier molecular flexibility index (Phi) is 6.58. The molecule has 2 aromatic rings. The van der Waals surface area contributed by atoms with Gasteiger partial charge in [0.1, 0.15) is 17.1 Å². The van der Waals surface area contributed by atoms with Crippen molar-refractivity contribution < 1.29 is 24.2 Å². The van der Waals surface area contributed by atoms with Gasteiger partial charge in [0.25, 0.3) is 0 Å². The fourth-order valence-corrected chi connectivity index (χ4v) is 4.74. The van der Waals surface area contributed by atoms with Crippen molar-refractivity contribution in [3.8, 4) is 28.2 Å². The van der Waals surface area contributed by atoms with Gasteiger partial charge in [0.05, 0.1) is 5.56 Å². The normalized spacial score (nSPS) is 11.6. The quantitative estimate of drug-likeness (QED) is 0.291. The fraction of sp³-hybridized carbons (Fsp3) is 0.222. The summed E-state index contributed by atoms with van der Waals surface area (Å²) in [6.07, 6.45) is 0.308. The van der Waals surface area contributed by atoms with E-state index in [9.17, 15) is 24.6 Å². The first-order valence-electron chi connectivity index (χ1n) is 11.0. The van der Waals surface area contributed by atoms with Crippen molar-refractivity contribution in [1.82, 2.24) is 0 Å². The zero-order valence-electron chi connectivity index (χ0n) is 19.5. The lowest BCUT2D eigenvalue weighted by atomic mass is 9.90. The molecule has 7 nitrogen and oxygen atoms in total. The second kappa shape index (κ2) is 9.46. The largest absolute Gasteiger partial charge is 0.508 e. The molecule has 1 aliphatic heterocycles. The summed E-state index contributed by atoms with van der Waals surface area (Å²) in [5, 5.41) is 23.3. The molecule has 35 heavy (non-hydrogen) atoms. The van der Waals surface area contributed by atoms with Crippen LogP contribution in [0.2, 0.25) is 0 Å². The Morgan fingerprint density at radius 3 is 2.46 bits per heavy atom. The Balaban J connectivity index is 1.79. The molecule has 0 atom stereocenters. The van der Waals surface area contributed by atoms with E-state index in [1.165, 1.54) is 30.3 Å². The Labute approximate surface area is 206 Å². The van der Waals surface area contributed by atoms with Gasteiger partial charge in [0.15, 0.2) is 5.43 Å². The summed E-state index contributed by atoms with van der Waals surface area (Å²) in [7, 11) is 0. The third kappa shape index (κ3) is 5.49. The third-order valence-electron chi connectivity index (χ3n) is 5.34. The second-order valence-electron chi connectivity index (χ2n) is 9.14. The molecule has 0 aromatic heterocycles. The molecule has 0 spiro atoms. The maximum Gasteiger partial charge on any atom is 0.336 e. The lowest BCUT2D eigenvalue weighted by Gasteiger charge is -2.18. The molecule has 0 fully saturated rings. The van der Waals surface area contributed by atoms with Crippen LogP contribution in [0.1, 0.15) is 37.6 Å². The van der Waals surface area contributed by atoms with Crippen LogP contribution in [0.3, 0.4) is 0 Å². The number of carbonyl (C=O) groups excluding carboxylic acids is 1. The molecule has 1 aliphatic carbocycles. The number of amides is 1. The molecule has 0 saturated heterocycles. The van der Waals surface area contributed by atoms with E-state index in [1.807, 2.05) is 0 Å². The highest BCUT2D eigenvalue weighted by Gasteiger charge is 2.22. The number of nitrogens with one attached hydrogen (secondary N) is 1. The van der Waals surface area contributed by atoms with Gasteiger partial charge in [-0.05, 0) is 42.0 Å². The van der Waals surface area contributed by atoms with E-state index in [-0.39, 0.29) is 33.2 Å². The number of rotatable bonds is 6. The SMILES string of the molecule is CC(C)(C)SCCC(=O)Nc1ccc(-c2c3ccc(=O)cc-3oc3cc(O)ccc23)c(C(=O)O)c1. The van der Waals surface area contributed by atoms with Crippen molar-refractivity contribution in [3.05, 3.63) is 70.4 Å². The van der Waals surface area contributed by atoms with Gasteiger partial charge in [-0.3, -0.25) is 9.59 Å². The molecule has 1 amide bonds. The van der Waals surface area contributed by atoms with Crippen LogP contribution in [0.15, 0.2) is 63.8 Å². The van der Waals surface area contributed by atoms with E-state index in [2.05, 4.69) is 26.1 Å². The van der Waals surface area contributed by atoms with Crippen molar-refractivity contribution in [3.63, 3.8) is 0 Å². The fourth-order valence-electron chi connectivity index (χ4n) is 3.84. The molecule has 0 saturated carbocycles. The summed E-state index contributed by atoms with van der Waals surface area (Å²) >= 11 is 1.68. The highest BCUT2D eigenvalue weighted by atomic mass is 32.2. The highest BCUT2D eigenvalue weighted by Crippen LogP contribution is 2.42. The van der Waals surface area contributed by atoms with E-state index in [4.69, 9.17) is 4.42 Å². The van der Waals surface area contributed by atoms with Gasteiger partial charge in [0.2, 0.25) is 5.91 Å². The molecule has 0 bridgehead atoms. The average molecular weight is 492 g/mol. The molecular formula is C27H25NO6S. The smallest absolute Gasteiger partial charge is 0.336 e. The molecule has 2 aromatic carbocycles. The Hall–Kier alpha value is -3.78. The number of carboxylic acid groups (broad SMARTS) is 1. The van der Waals surface area contributed by atoms with Crippen LogP contribution in [0, 0.1) is 0 Å². The number of phenols is 1. The van der Waals surface area contributed by atoms with Gasteiger partial charge in [-0.15, -0.1) is 0 Å². The van der Waals surface area contributed by atoms with Crippen LogP contribution < -0.4 is 10.7 Å². The van der Waals surface area contributed by atoms with Gasteiger partial charge in [-0.1, -0.05) is 26.8 Å². The number of thioether (sulfide) groups is 1. The van der Waals surface area contributed by atoms with Crippen molar-refractivity contribution in [2.24, 2.45) is 0 Å². The summed E-state index contributed by atoms with van der Waals surface area (Å²) in [5.41, 5.74) is 1.93. The molecule has 0 radical (unpaired) electrons. The number of carbonyl (C=O) groups is 2. The van der Waals surface area contributed by atoms with E-state index in [0.717, 1.165) is 0 Å². The summed E-state index contributed by atoms with van der Waals surface area (Å²) < 4.78 is 5.89. The number of hydrogen-bond acceptors (Lipinski definition) is 6. The summed E-state index contributed by atoms with van der Waals surface area (Å²) in [6.45, 7) is 6.24. The van der Waals surface area contributed by atoms with Crippen molar-refractivity contribution in [1.29, 1.82) is 0 Å². The predicted molar refractivity (Wildman–Crippen MR) is 139 cm³/mol. The number of aromatic hydroxyl groups is 1. The van der Waals surface area contributed by atoms with Crippen LogP contribution >= 0.6 is 11.8 Å². The molecular weight excluding hydrogens is 466 g/mol. The van der Waals surface area contributed by atoms with Gasteiger partial charge in [-0.25, -0.2) is 4.79 Å². The van der Waals surface area contributed by atoms with E-state index >= 15 is 0 Å². The number of phenolic OH excluding ortho intramolecular Hbond substituents is 1. The average Bonchev–Trinajstić information content (AvgIpc) is 2.76. The highest BCUT2D eigenvalue weighted by molar-refractivity contribution is 8.00. The van der Waals surface area contributed by atoms with Crippen LogP contribution in [0.5, 0.6) is 5.75 Å². The third-order valence-corrected chi connectivity index (χ3v) is 6.62. The molecule has 0 unspecified atom stereocenters. The predicted octanol–water partition coefficient (Wildman–Crippen LogP) is 5.83. The minimum atomic E-state index is -1.17. The first-order chi connectivity index (χ1) is 16.5. The second-order valence-corrected chi connectivity index (χ2v) is 11.1. The molecule has 3 N–H and O–H groups in total. The first-order valence-corrected chi connectivity index (χ1v) is 12.0. The standard InChI is InChI=1S/C27H25NO6S/c1-27(2,3)35-11-10-24(31)28-15-4-7-18(21(12-15)26(32)33)25-19-8-5-16(29)13-22(19)34-23-14-17(30)6-9-20(23)25/h4-9,12-14,29H,10-11H2,1-3H3,(H,28,31)(H,32,33). The monoisotopic (exact) mass is 491 g/mol. The summed E-state index contributed by atoms with van der Waals surface area (Å²) in [5.74, 6) is -0.458. The number of fused-ring (bicyclic) bond motifs is 2. The van der Waals surface area contributed by atoms with Gasteiger partial charge in [-0.2, -0.15) is 11.8 Å². The molecule has 1 heterocycles. The van der Waals surface area contributed by atoms with Crippen LogP contribution in [-0.2, 0) is 4.79 Å². The van der Waals surface area contributed by atoms with E-state index < -0.39 is 5.97 Å². The van der Waals surface area contributed by atoms with Crippen molar-refractivity contribution >= 4 is 40.3 Å². The van der Waals surface area contributed by atoms with Crippen LogP contribution in [0.4, 0.5) is 5.69 Å². The molecule has 2 aliphatic rings. The molecule has 4 rings (SSSR count). The number of aromatic carboxylic acids is 1. The van der Waals surface area contributed by atoms with Crippen molar-refractivity contribution in [2.45, 2.75) is 31.9 Å². The van der Waals surface area contributed by atoms with Crippen LogP contribution in [0.25, 0.3) is 33.4 Å². The first kappa shape index (κ1) is 24.3. The van der Waals surface area contributed by atoms with Gasteiger partial charge < -0.3 is 19.9 Å². The lowest BCUT2D eigenvalue weighted by Crippen LogP contribution is -2.15.